The van der Waals surface area contributed by atoms with Gasteiger partial charge in [0.2, 0.25) is 0 Å². The Hall–Kier alpha value is -2.11. The molecular weight excluding hydrogens is 199 g/mol. The molecule has 15 heavy (non-hydrogen) atoms. The van der Waals surface area contributed by atoms with E-state index in [1.165, 1.54) is 23.1 Å². The summed E-state index contributed by atoms with van der Waals surface area (Å²) >= 11 is 0. The van der Waals surface area contributed by atoms with Gasteiger partial charge in [0.1, 0.15) is 17.8 Å². The molecule has 2 rings (SSSR count). The molecule has 0 aliphatic carbocycles. The maximum Gasteiger partial charge on any atom is 0.341 e. The van der Waals surface area contributed by atoms with Crippen LogP contribution in [0.3, 0.4) is 0 Å². The molecular formula is C9H9FN4O. The SMILES string of the molecule is Cn1cnc(Oc2cccc(F)c2N)n1. The Bertz CT molecular complexity index is 483. The van der Waals surface area contributed by atoms with Gasteiger partial charge < -0.3 is 10.5 Å². The number of hydrogen-bond acceptors (Lipinski definition) is 4. The molecule has 1 aromatic carbocycles. The predicted octanol–water partition coefficient (Wildman–Crippen LogP) is 1.33. The van der Waals surface area contributed by atoms with Crippen molar-refractivity contribution in [1.29, 1.82) is 0 Å². The fourth-order valence-corrected chi connectivity index (χ4v) is 1.07. The van der Waals surface area contributed by atoms with Gasteiger partial charge in [-0.2, -0.15) is 4.98 Å². The van der Waals surface area contributed by atoms with Gasteiger partial charge in [0, 0.05) is 7.05 Å². The van der Waals surface area contributed by atoms with Crippen LogP contribution < -0.4 is 10.5 Å². The van der Waals surface area contributed by atoms with E-state index in [0.717, 1.165) is 0 Å². The van der Waals surface area contributed by atoms with Gasteiger partial charge in [-0.15, -0.1) is 5.10 Å². The second kappa shape index (κ2) is 3.56. The van der Waals surface area contributed by atoms with E-state index in [-0.39, 0.29) is 17.4 Å². The van der Waals surface area contributed by atoms with E-state index < -0.39 is 5.82 Å². The normalized spacial score (nSPS) is 10.3. The molecule has 0 saturated carbocycles. The molecule has 0 aliphatic heterocycles. The van der Waals surface area contributed by atoms with Gasteiger partial charge >= 0.3 is 6.01 Å². The average Bonchev–Trinajstić information content (AvgIpc) is 2.59. The Labute approximate surface area is 85.3 Å². The third-order valence-electron chi connectivity index (χ3n) is 1.79. The third kappa shape index (κ3) is 1.88. The van der Waals surface area contributed by atoms with Crippen LogP contribution in [0.2, 0.25) is 0 Å². The van der Waals surface area contributed by atoms with Crippen molar-refractivity contribution in [3.8, 4) is 11.8 Å². The van der Waals surface area contributed by atoms with Crippen LogP contribution in [0.5, 0.6) is 11.8 Å². The minimum atomic E-state index is -0.525. The van der Waals surface area contributed by atoms with Crippen molar-refractivity contribution >= 4 is 5.69 Å². The van der Waals surface area contributed by atoms with Gasteiger partial charge in [-0.1, -0.05) is 6.07 Å². The van der Waals surface area contributed by atoms with Gasteiger partial charge in [0.15, 0.2) is 5.75 Å². The fourth-order valence-electron chi connectivity index (χ4n) is 1.07. The lowest BCUT2D eigenvalue weighted by Gasteiger charge is -2.04. The molecule has 0 unspecified atom stereocenters. The number of nitrogen functional groups attached to an aromatic ring is 1. The highest BCUT2D eigenvalue weighted by atomic mass is 19.1. The van der Waals surface area contributed by atoms with Crippen LogP contribution >= 0.6 is 0 Å². The van der Waals surface area contributed by atoms with E-state index in [1.807, 2.05) is 0 Å². The van der Waals surface area contributed by atoms with Crippen LogP contribution in [0.1, 0.15) is 0 Å². The molecule has 0 fully saturated rings. The summed E-state index contributed by atoms with van der Waals surface area (Å²) in [7, 11) is 1.70. The number of benzene rings is 1. The molecule has 1 heterocycles. The van der Waals surface area contributed by atoms with E-state index in [2.05, 4.69) is 10.1 Å². The summed E-state index contributed by atoms with van der Waals surface area (Å²) in [6.45, 7) is 0. The topological polar surface area (TPSA) is 66.0 Å². The number of halogens is 1. The van der Waals surface area contributed by atoms with Crippen molar-refractivity contribution in [1.82, 2.24) is 14.8 Å². The van der Waals surface area contributed by atoms with Crippen molar-refractivity contribution in [3.63, 3.8) is 0 Å². The summed E-state index contributed by atoms with van der Waals surface area (Å²) in [5, 5.41) is 3.88. The minimum Gasteiger partial charge on any atom is -0.421 e. The van der Waals surface area contributed by atoms with E-state index in [4.69, 9.17) is 10.5 Å². The van der Waals surface area contributed by atoms with Gasteiger partial charge in [-0.3, -0.25) is 4.68 Å². The van der Waals surface area contributed by atoms with Crippen LogP contribution in [0.15, 0.2) is 24.5 Å². The zero-order valence-electron chi connectivity index (χ0n) is 8.01. The highest BCUT2D eigenvalue weighted by Crippen LogP contribution is 2.26. The zero-order chi connectivity index (χ0) is 10.8. The molecule has 0 atom stereocenters. The molecule has 5 nitrogen and oxygen atoms in total. The first-order chi connectivity index (χ1) is 7.16. The second-order valence-electron chi connectivity index (χ2n) is 2.95. The van der Waals surface area contributed by atoms with Crippen molar-refractivity contribution in [2.45, 2.75) is 0 Å². The first-order valence-electron chi connectivity index (χ1n) is 4.24. The lowest BCUT2D eigenvalue weighted by molar-refractivity contribution is 0.438. The van der Waals surface area contributed by atoms with Crippen molar-refractivity contribution in [2.24, 2.45) is 7.05 Å². The molecule has 0 radical (unpaired) electrons. The number of ether oxygens (including phenoxy) is 1. The number of aryl methyl sites for hydroxylation is 1. The Kier molecular flexibility index (Phi) is 2.24. The molecule has 1 aromatic heterocycles. The highest BCUT2D eigenvalue weighted by molar-refractivity contribution is 5.53. The standard InChI is InChI=1S/C9H9FN4O/c1-14-5-12-9(13-14)15-7-4-2-3-6(10)8(7)11/h2-5H,11H2,1H3. The van der Waals surface area contributed by atoms with E-state index in [0.29, 0.717) is 0 Å². The Morgan fingerprint density at radius 2 is 2.27 bits per heavy atom. The van der Waals surface area contributed by atoms with Crippen LogP contribution in [-0.2, 0) is 7.05 Å². The summed E-state index contributed by atoms with van der Waals surface area (Å²) in [6.07, 6.45) is 1.48. The maximum absolute atomic E-state index is 13.0. The number of para-hydroxylation sites is 1. The van der Waals surface area contributed by atoms with Crippen molar-refractivity contribution < 1.29 is 9.13 Å². The molecule has 0 saturated heterocycles. The van der Waals surface area contributed by atoms with E-state index in [9.17, 15) is 4.39 Å². The van der Waals surface area contributed by atoms with Crippen molar-refractivity contribution in [3.05, 3.63) is 30.3 Å². The number of nitrogens with zero attached hydrogens (tertiary/aromatic N) is 3. The second-order valence-corrected chi connectivity index (χ2v) is 2.95. The summed E-state index contributed by atoms with van der Waals surface area (Å²) in [6, 6.07) is 4.45. The summed E-state index contributed by atoms with van der Waals surface area (Å²) in [5.74, 6) is -0.315. The number of nitrogens with two attached hydrogens (primary N) is 1. The first kappa shape index (κ1) is 9.45. The summed E-state index contributed by atoms with van der Waals surface area (Å²) in [5.41, 5.74) is 5.42. The predicted molar refractivity (Wildman–Crippen MR) is 51.9 cm³/mol. The molecule has 0 aliphatic rings. The molecule has 78 valence electrons. The lowest BCUT2D eigenvalue weighted by Crippen LogP contribution is -1.96. The zero-order valence-corrected chi connectivity index (χ0v) is 8.01. The molecule has 0 amide bonds. The molecule has 2 N–H and O–H groups in total. The smallest absolute Gasteiger partial charge is 0.341 e. The van der Waals surface area contributed by atoms with E-state index >= 15 is 0 Å². The molecule has 2 aromatic rings. The Morgan fingerprint density at radius 1 is 1.47 bits per heavy atom. The largest absolute Gasteiger partial charge is 0.421 e. The average molecular weight is 208 g/mol. The maximum atomic E-state index is 13.0. The minimum absolute atomic E-state index is 0.0510. The third-order valence-corrected chi connectivity index (χ3v) is 1.79. The number of rotatable bonds is 2. The summed E-state index contributed by atoms with van der Waals surface area (Å²) < 4.78 is 19.7. The number of hydrogen-bond donors (Lipinski definition) is 1. The van der Waals surface area contributed by atoms with Gasteiger partial charge in [0.25, 0.3) is 0 Å². The molecule has 0 spiro atoms. The molecule has 0 bridgehead atoms. The van der Waals surface area contributed by atoms with Gasteiger partial charge in [-0.25, -0.2) is 4.39 Å². The van der Waals surface area contributed by atoms with Crippen LogP contribution in [0.25, 0.3) is 0 Å². The Balaban J connectivity index is 2.28. The lowest BCUT2D eigenvalue weighted by atomic mass is 10.3. The van der Waals surface area contributed by atoms with Crippen LogP contribution in [0, 0.1) is 5.82 Å². The first-order valence-corrected chi connectivity index (χ1v) is 4.24. The fraction of sp³-hybridized carbons (Fsp3) is 0.111. The highest BCUT2D eigenvalue weighted by Gasteiger charge is 2.08. The van der Waals surface area contributed by atoms with Crippen molar-refractivity contribution in [2.75, 3.05) is 5.73 Å². The Morgan fingerprint density at radius 3 is 2.93 bits per heavy atom. The summed E-state index contributed by atoms with van der Waals surface area (Å²) in [4.78, 5) is 3.83. The van der Waals surface area contributed by atoms with Crippen LogP contribution in [-0.4, -0.2) is 14.8 Å². The van der Waals surface area contributed by atoms with Gasteiger partial charge in [0.05, 0.1) is 0 Å². The number of aromatic nitrogens is 3. The number of anilines is 1. The quantitative estimate of drug-likeness (QED) is 0.756. The monoisotopic (exact) mass is 208 g/mol. The molecule has 6 heteroatoms. The van der Waals surface area contributed by atoms with E-state index in [1.54, 1.807) is 13.1 Å². The van der Waals surface area contributed by atoms with Crippen LogP contribution in [0.4, 0.5) is 10.1 Å². The van der Waals surface area contributed by atoms with Gasteiger partial charge in [-0.05, 0) is 12.1 Å².